The van der Waals surface area contributed by atoms with Gasteiger partial charge in [0.05, 0.1) is 11.7 Å². The summed E-state index contributed by atoms with van der Waals surface area (Å²) in [4.78, 5) is 12.1. The molecule has 130 valence electrons. The zero-order valence-corrected chi connectivity index (χ0v) is 14.6. The molecule has 2 aromatic heterocycles. The number of nitrogens with one attached hydrogen (secondary N) is 1. The third kappa shape index (κ3) is 4.12. The fourth-order valence-corrected chi connectivity index (χ4v) is 2.63. The van der Waals surface area contributed by atoms with Crippen LogP contribution in [-0.4, -0.2) is 25.9 Å². The highest BCUT2D eigenvalue weighted by molar-refractivity contribution is 5.76. The summed E-state index contributed by atoms with van der Waals surface area (Å²) in [5.74, 6) is 0.806. The number of carbonyl (C=O) groups excluding carboxylic acids is 1. The van der Waals surface area contributed by atoms with Crippen LogP contribution in [0.25, 0.3) is 11.6 Å². The number of benzene rings is 1. The topological polar surface area (TPSA) is 85.8 Å². The molecule has 0 bridgehead atoms. The average Bonchev–Trinajstić information content (AvgIpc) is 3.19. The van der Waals surface area contributed by atoms with Crippen LogP contribution in [0.5, 0.6) is 0 Å². The van der Waals surface area contributed by atoms with Gasteiger partial charge >= 0.3 is 0 Å². The first kappa shape index (κ1) is 16.9. The van der Waals surface area contributed by atoms with Crippen LogP contribution in [0.2, 0.25) is 0 Å². The molecule has 1 aromatic carbocycles. The Morgan fingerprint density at radius 3 is 2.72 bits per heavy atom. The minimum atomic E-state index is -0.0486. The standard InChI is InChI=1S/C18H21N5O2/c1-12-11-15(23(3)22-12)18-21-20-17(25-18)10-9-16(24)19-13(2)14-7-5-4-6-8-14/h4-8,11,13H,9-10H2,1-3H3,(H,19,24). The van der Waals surface area contributed by atoms with Crippen molar-refractivity contribution < 1.29 is 9.21 Å². The Bertz CT molecular complexity index is 853. The molecule has 0 saturated heterocycles. The van der Waals surface area contributed by atoms with Crippen molar-refractivity contribution in [3.8, 4) is 11.6 Å². The SMILES string of the molecule is Cc1cc(-c2nnc(CCC(=O)NC(C)c3ccccc3)o2)n(C)n1. The third-order valence-corrected chi connectivity index (χ3v) is 3.93. The molecule has 0 aliphatic rings. The maximum absolute atomic E-state index is 12.1. The van der Waals surface area contributed by atoms with E-state index >= 15 is 0 Å². The molecule has 25 heavy (non-hydrogen) atoms. The van der Waals surface area contributed by atoms with Gasteiger partial charge in [-0.05, 0) is 25.5 Å². The number of hydrogen-bond acceptors (Lipinski definition) is 5. The van der Waals surface area contributed by atoms with Crippen molar-refractivity contribution in [1.29, 1.82) is 0 Å². The van der Waals surface area contributed by atoms with Gasteiger partial charge in [0.2, 0.25) is 11.8 Å². The average molecular weight is 339 g/mol. The lowest BCUT2D eigenvalue weighted by Crippen LogP contribution is -2.26. The normalized spacial score (nSPS) is 12.1. The Balaban J connectivity index is 1.55. The molecule has 0 radical (unpaired) electrons. The lowest BCUT2D eigenvalue weighted by atomic mass is 10.1. The van der Waals surface area contributed by atoms with Crippen molar-refractivity contribution >= 4 is 5.91 Å². The molecule has 7 heteroatoms. The summed E-state index contributed by atoms with van der Waals surface area (Å²) < 4.78 is 7.34. The van der Waals surface area contributed by atoms with Gasteiger partial charge < -0.3 is 9.73 Å². The molecule has 0 fully saturated rings. The zero-order chi connectivity index (χ0) is 17.8. The van der Waals surface area contributed by atoms with Gasteiger partial charge in [-0.1, -0.05) is 30.3 Å². The first-order valence-electron chi connectivity index (χ1n) is 8.20. The number of aryl methyl sites for hydroxylation is 3. The summed E-state index contributed by atoms with van der Waals surface area (Å²) in [5, 5.41) is 15.3. The Kier molecular flexibility index (Phi) is 4.92. The second kappa shape index (κ2) is 7.29. The Hall–Kier alpha value is -2.96. The summed E-state index contributed by atoms with van der Waals surface area (Å²) in [6.07, 6.45) is 0.695. The van der Waals surface area contributed by atoms with Crippen molar-refractivity contribution in [1.82, 2.24) is 25.3 Å². The van der Waals surface area contributed by atoms with Gasteiger partial charge in [0, 0.05) is 19.9 Å². The highest BCUT2D eigenvalue weighted by Gasteiger charge is 2.15. The van der Waals surface area contributed by atoms with Crippen molar-refractivity contribution in [2.45, 2.75) is 32.7 Å². The summed E-state index contributed by atoms with van der Waals surface area (Å²) in [6.45, 7) is 3.86. The number of rotatable bonds is 6. The molecule has 0 aliphatic heterocycles. The van der Waals surface area contributed by atoms with E-state index in [0.29, 0.717) is 24.6 Å². The smallest absolute Gasteiger partial charge is 0.265 e. The van der Waals surface area contributed by atoms with E-state index in [0.717, 1.165) is 17.0 Å². The van der Waals surface area contributed by atoms with Crippen LogP contribution in [0.3, 0.4) is 0 Å². The van der Waals surface area contributed by atoms with Gasteiger partial charge in [-0.15, -0.1) is 10.2 Å². The molecule has 1 atom stereocenters. The second-order valence-electron chi connectivity index (χ2n) is 6.00. The van der Waals surface area contributed by atoms with Crippen LogP contribution < -0.4 is 5.32 Å². The molecule has 0 spiro atoms. The third-order valence-electron chi connectivity index (χ3n) is 3.93. The number of nitrogens with zero attached hydrogens (tertiary/aromatic N) is 4. The molecular weight excluding hydrogens is 318 g/mol. The van der Waals surface area contributed by atoms with E-state index in [1.54, 1.807) is 4.68 Å². The minimum absolute atomic E-state index is 0.0376. The maximum atomic E-state index is 12.1. The van der Waals surface area contributed by atoms with E-state index in [1.807, 2.05) is 57.3 Å². The Morgan fingerprint density at radius 2 is 2.04 bits per heavy atom. The largest absolute Gasteiger partial charge is 0.419 e. The number of carbonyl (C=O) groups is 1. The molecule has 3 aromatic rings. The maximum Gasteiger partial charge on any atom is 0.265 e. The molecule has 2 heterocycles. The predicted molar refractivity (Wildman–Crippen MR) is 92.6 cm³/mol. The quantitative estimate of drug-likeness (QED) is 0.746. The van der Waals surface area contributed by atoms with Crippen LogP contribution in [0.15, 0.2) is 40.8 Å². The van der Waals surface area contributed by atoms with Gasteiger partial charge in [0.15, 0.2) is 0 Å². The lowest BCUT2D eigenvalue weighted by Gasteiger charge is -2.13. The second-order valence-corrected chi connectivity index (χ2v) is 6.00. The summed E-state index contributed by atoms with van der Waals surface area (Å²) in [6, 6.07) is 11.7. The minimum Gasteiger partial charge on any atom is -0.419 e. The van der Waals surface area contributed by atoms with Gasteiger partial charge in [0.25, 0.3) is 5.89 Å². The Morgan fingerprint density at radius 1 is 1.28 bits per heavy atom. The van der Waals surface area contributed by atoms with Gasteiger partial charge in [-0.25, -0.2) is 0 Å². The van der Waals surface area contributed by atoms with Crippen LogP contribution in [0.4, 0.5) is 0 Å². The molecule has 7 nitrogen and oxygen atoms in total. The van der Waals surface area contributed by atoms with E-state index < -0.39 is 0 Å². The molecule has 0 aliphatic carbocycles. The highest BCUT2D eigenvalue weighted by atomic mass is 16.4. The number of hydrogen-bond donors (Lipinski definition) is 1. The molecule has 0 saturated carbocycles. The van der Waals surface area contributed by atoms with E-state index in [4.69, 9.17) is 4.42 Å². The first-order valence-corrected chi connectivity index (χ1v) is 8.20. The van der Waals surface area contributed by atoms with E-state index in [-0.39, 0.29) is 11.9 Å². The van der Waals surface area contributed by atoms with E-state index in [2.05, 4.69) is 20.6 Å². The predicted octanol–water partition coefficient (Wildman–Crippen LogP) is 2.59. The Labute approximate surface area is 146 Å². The summed E-state index contributed by atoms with van der Waals surface area (Å²) >= 11 is 0. The van der Waals surface area contributed by atoms with Crippen molar-refractivity contribution in [2.24, 2.45) is 7.05 Å². The van der Waals surface area contributed by atoms with Crippen molar-refractivity contribution in [3.05, 3.63) is 53.5 Å². The molecule has 1 unspecified atom stereocenters. The fraction of sp³-hybridized carbons (Fsp3) is 0.333. The van der Waals surface area contributed by atoms with Crippen LogP contribution in [0.1, 0.15) is 36.5 Å². The van der Waals surface area contributed by atoms with Crippen molar-refractivity contribution in [3.63, 3.8) is 0 Å². The van der Waals surface area contributed by atoms with Crippen molar-refractivity contribution in [2.75, 3.05) is 0 Å². The molecule has 3 rings (SSSR count). The van der Waals surface area contributed by atoms with Gasteiger partial charge in [-0.2, -0.15) is 5.10 Å². The molecule has 1 amide bonds. The first-order chi connectivity index (χ1) is 12.0. The fourth-order valence-electron chi connectivity index (χ4n) is 2.63. The van der Waals surface area contributed by atoms with Gasteiger partial charge in [-0.3, -0.25) is 9.48 Å². The highest BCUT2D eigenvalue weighted by Crippen LogP contribution is 2.18. The molecule has 1 N–H and O–H groups in total. The summed E-state index contributed by atoms with van der Waals surface area (Å²) in [7, 11) is 1.82. The van der Waals surface area contributed by atoms with Crippen LogP contribution >= 0.6 is 0 Å². The zero-order valence-electron chi connectivity index (χ0n) is 14.6. The number of aromatic nitrogens is 4. The van der Waals surface area contributed by atoms with E-state index in [9.17, 15) is 4.79 Å². The lowest BCUT2D eigenvalue weighted by molar-refractivity contribution is -0.121. The molecular formula is C18H21N5O2. The van der Waals surface area contributed by atoms with Gasteiger partial charge in [0.1, 0.15) is 5.69 Å². The summed E-state index contributed by atoms with van der Waals surface area (Å²) in [5.41, 5.74) is 2.72. The monoisotopic (exact) mass is 339 g/mol. The van der Waals surface area contributed by atoms with Crippen LogP contribution in [-0.2, 0) is 18.3 Å². The van der Waals surface area contributed by atoms with E-state index in [1.165, 1.54) is 0 Å². The number of amides is 1. The van der Waals surface area contributed by atoms with Crippen LogP contribution in [0, 0.1) is 6.92 Å².